The molecule has 0 aliphatic rings. The summed E-state index contributed by atoms with van der Waals surface area (Å²) in [5.41, 5.74) is -13.9. The van der Waals surface area contributed by atoms with E-state index in [4.69, 9.17) is 0 Å². The van der Waals surface area contributed by atoms with Gasteiger partial charge in [0.1, 0.15) is 52.7 Å². The summed E-state index contributed by atoms with van der Waals surface area (Å²) in [5.74, 6) is -71.5. The van der Waals surface area contributed by atoms with E-state index in [2.05, 4.69) is 0 Å². The van der Waals surface area contributed by atoms with E-state index in [1.54, 1.807) is 29.1 Å². The number of hydrogen-bond acceptors (Lipinski definition) is 3. The van der Waals surface area contributed by atoms with Gasteiger partial charge in [0.05, 0.1) is 4.90 Å². The van der Waals surface area contributed by atoms with E-state index in [0.717, 1.165) is 6.26 Å². The standard InChI is InChI=1S/C24BF20.C14H14NO3S/c26-5-1(6(27)14(35)21(42)13(5)34)25(2-7(28)15(36)22(43)16(37)8(2)29,3-9(30)17(38)23(44)18(39)10(3)31)4-11(32)19(40)24(45)20(41)12(4)33;1-19(17,18)13-7-5-6-12(10-13)14(16)11-15-8-3-2-4-9-15/h;2-10H,11H2,1H3/q-1;+1. The third-order valence-electron chi connectivity index (χ3n) is 9.39. The lowest BCUT2D eigenvalue weighted by atomic mass is 9.12. The van der Waals surface area contributed by atoms with Crippen LogP contribution in [-0.4, -0.2) is 26.6 Å². The summed E-state index contributed by atoms with van der Waals surface area (Å²) in [6, 6.07) is 11.6. The molecule has 64 heavy (non-hydrogen) atoms. The molecular weight excluding hydrogens is 941 g/mol. The van der Waals surface area contributed by atoms with Gasteiger partial charge in [0.2, 0.25) is 12.3 Å². The van der Waals surface area contributed by atoms with Crippen LogP contribution in [0.2, 0.25) is 0 Å². The van der Waals surface area contributed by atoms with Gasteiger partial charge in [-0.3, -0.25) is 4.79 Å². The van der Waals surface area contributed by atoms with Crippen LogP contribution in [0.15, 0.2) is 59.8 Å². The topological polar surface area (TPSA) is 55.1 Å². The van der Waals surface area contributed by atoms with Gasteiger partial charge < -0.3 is 0 Å². The number of benzene rings is 5. The van der Waals surface area contributed by atoms with Crippen molar-refractivity contribution in [3.63, 3.8) is 0 Å². The molecule has 0 N–H and O–H groups in total. The minimum Gasteiger partial charge on any atom is -0.287 e. The van der Waals surface area contributed by atoms with Crippen molar-refractivity contribution in [3.8, 4) is 0 Å². The molecule has 1 heterocycles. The zero-order valence-electron chi connectivity index (χ0n) is 30.6. The molecule has 0 aliphatic heterocycles. The second-order valence-corrected chi connectivity index (χ2v) is 15.1. The molecule has 338 valence electrons. The number of carbonyl (C=O) groups excluding carboxylic acids is 1. The molecule has 0 amide bonds. The molecule has 1 aromatic heterocycles. The lowest BCUT2D eigenvalue weighted by Crippen LogP contribution is -2.81. The first kappa shape index (κ1) is 48.6. The smallest absolute Gasteiger partial charge is 0.227 e. The molecule has 4 nitrogen and oxygen atoms in total. The average Bonchev–Trinajstić information content (AvgIpc) is 3.26. The van der Waals surface area contributed by atoms with E-state index in [9.17, 15) is 65.9 Å². The Hall–Kier alpha value is -6.47. The summed E-state index contributed by atoms with van der Waals surface area (Å²) in [6.45, 7) is 0.189. The Kier molecular flexibility index (Phi) is 13.4. The van der Waals surface area contributed by atoms with Gasteiger partial charge in [-0.15, -0.1) is 21.9 Å². The van der Waals surface area contributed by atoms with E-state index >= 15 is 35.1 Å². The van der Waals surface area contributed by atoms with Gasteiger partial charge in [0, 0.05) is 24.0 Å². The Balaban J connectivity index is 0.000000337. The van der Waals surface area contributed by atoms with Crippen LogP contribution in [0.5, 0.6) is 0 Å². The van der Waals surface area contributed by atoms with E-state index in [0.29, 0.717) is 5.56 Å². The van der Waals surface area contributed by atoms with Gasteiger partial charge in [0.25, 0.3) is 0 Å². The van der Waals surface area contributed by atoms with Crippen molar-refractivity contribution < 1.29 is 106 Å². The summed E-state index contributed by atoms with van der Waals surface area (Å²) in [7, 11) is -3.29. The average molecular weight is 955 g/mol. The van der Waals surface area contributed by atoms with Crippen LogP contribution in [0.1, 0.15) is 10.4 Å². The molecule has 0 saturated carbocycles. The fourth-order valence-electron chi connectivity index (χ4n) is 6.57. The number of halogens is 20. The number of sulfone groups is 1. The maximum atomic E-state index is 15.4. The SMILES string of the molecule is CS(=O)(=O)c1cccc(C(=O)C[n+]2ccccc2)c1.Fc1c(F)c(F)c([B-](c2c(F)c(F)c(F)c(F)c2F)(c2c(F)c(F)c(F)c(F)c2F)c2c(F)c(F)c(F)c(F)c2F)c(F)c1F. The lowest BCUT2D eigenvalue weighted by Gasteiger charge is -2.44. The van der Waals surface area contributed by atoms with Crippen molar-refractivity contribution in [2.45, 2.75) is 11.4 Å². The highest BCUT2D eigenvalue weighted by Gasteiger charge is 2.52. The van der Waals surface area contributed by atoms with Crippen LogP contribution in [0.3, 0.4) is 0 Å². The Morgan fingerprint density at radius 3 is 0.953 bits per heavy atom. The quantitative estimate of drug-likeness (QED) is 0.0409. The molecule has 0 aliphatic carbocycles. The number of aromatic nitrogens is 1. The van der Waals surface area contributed by atoms with Crippen molar-refractivity contribution in [2.24, 2.45) is 0 Å². The number of nitrogens with zero attached hydrogens (tertiary/aromatic N) is 1. The molecule has 26 heteroatoms. The normalized spacial score (nSPS) is 11.8. The first-order chi connectivity index (χ1) is 29.7. The van der Waals surface area contributed by atoms with Crippen LogP contribution in [0, 0.1) is 116 Å². The molecule has 6 aromatic rings. The van der Waals surface area contributed by atoms with Gasteiger partial charge in [-0.2, -0.15) is 4.57 Å². The molecule has 5 aromatic carbocycles. The first-order valence-corrected chi connectivity index (χ1v) is 18.6. The number of ketones is 1. The summed E-state index contributed by atoms with van der Waals surface area (Å²) < 4.78 is 319. The predicted octanol–water partition coefficient (Wildman–Crippen LogP) is 7.11. The van der Waals surface area contributed by atoms with E-state index in [-0.39, 0.29) is 17.2 Å². The van der Waals surface area contributed by atoms with Gasteiger partial charge in [-0.05, 0) is 12.1 Å². The highest BCUT2D eigenvalue weighted by Crippen LogP contribution is 2.31. The number of rotatable bonds is 8. The number of hydrogen-bond donors (Lipinski definition) is 0. The van der Waals surface area contributed by atoms with Gasteiger partial charge in [-0.25, -0.2) is 96.2 Å². The molecule has 0 spiro atoms. The minimum atomic E-state index is -7.22. The molecule has 0 saturated heterocycles. The van der Waals surface area contributed by atoms with Crippen LogP contribution < -0.4 is 26.4 Å². The van der Waals surface area contributed by atoms with Crippen LogP contribution in [-0.2, 0) is 16.4 Å². The first-order valence-electron chi connectivity index (χ1n) is 16.7. The monoisotopic (exact) mass is 955 g/mol. The molecule has 0 radical (unpaired) electrons. The molecule has 6 rings (SSSR count). The molecule has 0 unspecified atom stereocenters. The van der Waals surface area contributed by atoms with Gasteiger partial charge >= 0.3 is 0 Å². The van der Waals surface area contributed by atoms with E-state index in [1.807, 2.05) is 18.2 Å². The Morgan fingerprint density at radius 1 is 0.422 bits per heavy atom. The van der Waals surface area contributed by atoms with Crippen molar-refractivity contribution in [1.29, 1.82) is 0 Å². The third kappa shape index (κ3) is 7.80. The summed E-state index contributed by atoms with van der Waals surface area (Å²) in [5, 5.41) is 0. The van der Waals surface area contributed by atoms with Crippen LogP contribution >= 0.6 is 0 Å². The van der Waals surface area contributed by atoms with Crippen LogP contribution in [0.25, 0.3) is 0 Å². The Bertz CT molecular complexity index is 2640. The predicted molar refractivity (Wildman–Crippen MR) is 180 cm³/mol. The zero-order chi connectivity index (χ0) is 48.2. The zero-order valence-corrected chi connectivity index (χ0v) is 31.4. The third-order valence-corrected chi connectivity index (χ3v) is 10.5. The molecular formula is C38H14BF20NO3S. The molecule has 0 fully saturated rings. The molecule has 0 bridgehead atoms. The van der Waals surface area contributed by atoms with E-state index < -0.39 is 154 Å². The second-order valence-electron chi connectivity index (χ2n) is 13.1. The van der Waals surface area contributed by atoms with Crippen molar-refractivity contribution in [1.82, 2.24) is 0 Å². The fourth-order valence-corrected chi connectivity index (χ4v) is 7.24. The Morgan fingerprint density at radius 2 is 0.688 bits per heavy atom. The van der Waals surface area contributed by atoms with Crippen LogP contribution in [0.4, 0.5) is 87.8 Å². The lowest BCUT2D eigenvalue weighted by molar-refractivity contribution is -0.683. The highest BCUT2D eigenvalue weighted by molar-refractivity contribution is 7.90. The molecule has 0 atom stereocenters. The maximum absolute atomic E-state index is 15.4. The fraction of sp³-hybridized carbons (Fsp3) is 0.0526. The number of pyridine rings is 1. The van der Waals surface area contributed by atoms with E-state index in [1.165, 1.54) is 12.1 Å². The summed E-state index contributed by atoms with van der Waals surface area (Å²) in [6.07, 6.45) is -2.51. The van der Waals surface area contributed by atoms with Gasteiger partial charge in [-0.1, -0.05) is 18.2 Å². The number of carbonyl (C=O) groups is 1. The largest absolute Gasteiger partial charge is 0.287 e. The summed E-state index contributed by atoms with van der Waals surface area (Å²) in [4.78, 5) is 12.2. The highest BCUT2D eigenvalue weighted by atomic mass is 32.2. The summed E-state index contributed by atoms with van der Waals surface area (Å²) >= 11 is 0. The second kappa shape index (κ2) is 17.6. The van der Waals surface area contributed by atoms with Crippen molar-refractivity contribution in [2.75, 3.05) is 6.26 Å². The van der Waals surface area contributed by atoms with Crippen molar-refractivity contribution >= 4 is 43.6 Å². The maximum Gasteiger partial charge on any atom is 0.227 e. The Labute approximate surface area is 343 Å². The minimum absolute atomic E-state index is 0.123. The van der Waals surface area contributed by atoms with Gasteiger partial charge in [0.15, 0.2) is 92.0 Å². The number of Topliss-reactive ketones (excluding diaryl/α,β-unsaturated/α-hetero) is 1. The van der Waals surface area contributed by atoms with Crippen molar-refractivity contribution in [3.05, 3.63) is 177 Å².